The summed E-state index contributed by atoms with van der Waals surface area (Å²) in [7, 11) is 2.07. The molecule has 8 heteroatoms. The third-order valence-corrected chi connectivity index (χ3v) is 5.08. The first kappa shape index (κ1) is 18.9. The number of imide groups is 2. The first-order chi connectivity index (χ1) is 13.9. The molecule has 8 nitrogen and oxygen atoms in total. The van der Waals surface area contributed by atoms with Gasteiger partial charge < -0.3 is 14.2 Å². The van der Waals surface area contributed by atoms with Crippen molar-refractivity contribution in [3.63, 3.8) is 0 Å². The topological polar surface area (TPSA) is 86.1 Å². The molecule has 0 aliphatic carbocycles. The van der Waals surface area contributed by atoms with E-state index in [1.807, 2.05) is 19.1 Å². The monoisotopic (exact) mass is 394 g/mol. The Balaban J connectivity index is 1.60. The minimum atomic E-state index is -0.764. The molecule has 1 N–H and O–H groups in total. The van der Waals surface area contributed by atoms with Crippen molar-refractivity contribution in [2.24, 2.45) is 0 Å². The smallest absolute Gasteiger partial charge is 0.335 e. The maximum Gasteiger partial charge on any atom is 0.335 e. The van der Waals surface area contributed by atoms with Gasteiger partial charge in [0.25, 0.3) is 11.8 Å². The number of nitrogens with zero attached hydrogens (tertiary/aromatic N) is 3. The number of furan rings is 1. The quantitative estimate of drug-likeness (QED) is 0.633. The average Bonchev–Trinajstić information content (AvgIpc) is 3.14. The Morgan fingerprint density at radius 2 is 1.79 bits per heavy atom. The largest absolute Gasteiger partial charge is 0.441 e. The van der Waals surface area contributed by atoms with Gasteiger partial charge in [-0.25, -0.2) is 9.69 Å². The molecule has 2 aromatic rings. The zero-order chi connectivity index (χ0) is 20.5. The van der Waals surface area contributed by atoms with Crippen molar-refractivity contribution in [3.05, 3.63) is 53.3 Å². The van der Waals surface area contributed by atoms with Gasteiger partial charge in [-0.1, -0.05) is 12.1 Å². The molecule has 0 radical (unpaired) electrons. The van der Waals surface area contributed by atoms with E-state index in [0.29, 0.717) is 17.3 Å². The highest BCUT2D eigenvalue weighted by atomic mass is 16.4. The standard InChI is InChI=1S/C21H22N4O4/c1-14-4-3-5-15(12-14)25-20(27)17(19(26)22-21(25)28)13-16-6-7-18(29-16)24-10-8-23(2)9-11-24/h3-7,12-13H,8-11H2,1-2H3,(H,22,26,28)/b17-13+. The number of piperazine rings is 1. The summed E-state index contributed by atoms with van der Waals surface area (Å²) in [4.78, 5) is 42.8. The van der Waals surface area contributed by atoms with Crippen LogP contribution in [0, 0.1) is 6.92 Å². The molecule has 0 unspecified atom stereocenters. The van der Waals surface area contributed by atoms with Gasteiger partial charge in [0.1, 0.15) is 11.3 Å². The minimum absolute atomic E-state index is 0.148. The van der Waals surface area contributed by atoms with Crippen LogP contribution in [0.2, 0.25) is 0 Å². The number of anilines is 2. The number of carbonyl (C=O) groups is 3. The van der Waals surface area contributed by atoms with E-state index in [-0.39, 0.29) is 5.57 Å². The normalized spacial score (nSPS) is 19.8. The Bertz CT molecular complexity index is 1000. The summed E-state index contributed by atoms with van der Waals surface area (Å²) in [5.74, 6) is -0.334. The molecular formula is C21H22N4O4. The van der Waals surface area contributed by atoms with Gasteiger partial charge in [-0.15, -0.1) is 0 Å². The molecule has 2 fully saturated rings. The molecular weight excluding hydrogens is 372 g/mol. The van der Waals surface area contributed by atoms with Crippen molar-refractivity contribution in [3.8, 4) is 0 Å². The predicted octanol–water partition coefficient (Wildman–Crippen LogP) is 2.01. The summed E-state index contributed by atoms with van der Waals surface area (Å²) < 4.78 is 5.84. The van der Waals surface area contributed by atoms with Crippen LogP contribution in [0.1, 0.15) is 11.3 Å². The Kier molecular flexibility index (Phi) is 4.94. The second-order valence-electron chi connectivity index (χ2n) is 7.26. The molecule has 0 bridgehead atoms. The van der Waals surface area contributed by atoms with E-state index in [1.54, 1.807) is 24.3 Å². The molecule has 0 saturated carbocycles. The summed E-state index contributed by atoms with van der Waals surface area (Å²) >= 11 is 0. The molecule has 29 heavy (non-hydrogen) atoms. The number of rotatable bonds is 3. The molecule has 0 spiro atoms. The molecule has 1 aromatic carbocycles. The van der Waals surface area contributed by atoms with Gasteiger partial charge in [0, 0.05) is 32.2 Å². The van der Waals surface area contributed by atoms with E-state index in [9.17, 15) is 14.4 Å². The lowest BCUT2D eigenvalue weighted by atomic mass is 10.1. The first-order valence-corrected chi connectivity index (χ1v) is 9.44. The van der Waals surface area contributed by atoms with Crippen molar-refractivity contribution < 1.29 is 18.8 Å². The number of nitrogens with one attached hydrogen (secondary N) is 1. The van der Waals surface area contributed by atoms with Crippen LogP contribution < -0.4 is 15.1 Å². The number of hydrogen-bond donors (Lipinski definition) is 1. The van der Waals surface area contributed by atoms with Gasteiger partial charge in [-0.2, -0.15) is 0 Å². The lowest BCUT2D eigenvalue weighted by molar-refractivity contribution is -0.122. The number of urea groups is 1. The average molecular weight is 394 g/mol. The molecule has 3 heterocycles. The van der Waals surface area contributed by atoms with E-state index < -0.39 is 17.8 Å². The van der Waals surface area contributed by atoms with Gasteiger partial charge in [-0.3, -0.25) is 14.9 Å². The van der Waals surface area contributed by atoms with Crippen molar-refractivity contribution in [1.82, 2.24) is 10.2 Å². The molecule has 2 aliphatic heterocycles. The Labute approximate surface area is 168 Å². The molecule has 150 valence electrons. The molecule has 4 rings (SSSR count). The predicted molar refractivity (Wildman–Crippen MR) is 109 cm³/mol. The Morgan fingerprint density at radius 3 is 2.52 bits per heavy atom. The summed E-state index contributed by atoms with van der Waals surface area (Å²) in [6.07, 6.45) is 1.38. The van der Waals surface area contributed by atoms with Gasteiger partial charge in [-0.05, 0) is 43.8 Å². The first-order valence-electron chi connectivity index (χ1n) is 9.44. The van der Waals surface area contributed by atoms with Gasteiger partial charge in [0.15, 0.2) is 5.88 Å². The lowest BCUT2D eigenvalue weighted by Gasteiger charge is -2.32. The zero-order valence-electron chi connectivity index (χ0n) is 16.3. The highest BCUT2D eigenvalue weighted by Gasteiger charge is 2.37. The second kappa shape index (κ2) is 7.56. The van der Waals surface area contributed by atoms with E-state index in [4.69, 9.17) is 4.42 Å². The maximum absolute atomic E-state index is 12.9. The van der Waals surface area contributed by atoms with Crippen LogP contribution >= 0.6 is 0 Å². The van der Waals surface area contributed by atoms with Crippen LogP contribution in [0.4, 0.5) is 16.4 Å². The van der Waals surface area contributed by atoms with Crippen molar-refractivity contribution in [2.75, 3.05) is 43.0 Å². The van der Waals surface area contributed by atoms with E-state index in [1.165, 1.54) is 6.08 Å². The number of barbiturate groups is 1. The lowest BCUT2D eigenvalue weighted by Crippen LogP contribution is -2.54. The number of benzene rings is 1. The van der Waals surface area contributed by atoms with Crippen molar-refractivity contribution in [1.29, 1.82) is 0 Å². The van der Waals surface area contributed by atoms with Gasteiger partial charge in [0.2, 0.25) is 0 Å². The Morgan fingerprint density at radius 1 is 1.03 bits per heavy atom. The molecule has 2 saturated heterocycles. The number of likely N-dealkylation sites (N-methyl/N-ethyl adjacent to an activating group) is 1. The summed E-state index contributed by atoms with van der Waals surface area (Å²) in [6, 6.07) is 9.75. The summed E-state index contributed by atoms with van der Waals surface area (Å²) in [5, 5.41) is 2.22. The third kappa shape index (κ3) is 3.79. The highest BCUT2D eigenvalue weighted by molar-refractivity contribution is 6.39. The van der Waals surface area contributed by atoms with E-state index in [0.717, 1.165) is 36.6 Å². The second-order valence-corrected chi connectivity index (χ2v) is 7.26. The fourth-order valence-corrected chi connectivity index (χ4v) is 3.42. The zero-order valence-corrected chi connectivity index (χ0v) is 16.3. The van der Waals surface area contributed by atoms with Crippen LogP contribution in [0.3, 0.4) is 0 Å². The summed E-state index contributed by atoms with van der Waals surface area (Å²) in [6.45, 7) is 5.42. The van der Waals surface area contributed by atoms with E-state index in [2.05, 4.69) is 22.2 Å². The highest BCUT2D eigenvalue weighted by Crippen LogP contribution is 2.25. The molecule has 4 amide bonds. The van der Waals surface area contributed by atoms with Crippen LogP contribution in [-0.2, 0) is 9.59 Å². The van der Waals surface area contributed by atoms with Gasteiger partial charge in [0.05, 0.1) is 5.69 Å². The number of hydrogen-bond acceptors (Lipinski definition) is 6. The van der Waals surface area contributed by atoms with Crippen LogP contribution in [0.5, 0.6) is 0 Å². The summed E-state index contributed by atoms with van der Waals surface area (Å²) in [5.41, 5.74) is 1.15. The fraction of sp³-hybridized carbons (Fsp3) is 0.286. The maximum atomic E-state index is 12.9. The Hall–Kier alpha value is -3.39. The van der Waals surface area contributed by atoms with Gasteiger partial charge >= 0.3 is 6.03 Å². The van der Waals surface area contributed by atoms with Crippen molar-refractivity contribution >= 4 is 35.5 Å². The molecule has 1 aromatic heterocycles. The number of carbonyl (C=O) groups excluding carboxylic acids is 3. The van der Waals surface area contributed by atoms with Crippen LogP contribution in [-0.4, -0.2) is 56.0 Å². The van der Waals surface area contributed by atoms with Crippen LogP contribution in [0.15, 0.2) is 46.4 Å². The molecule has 2 aliphatic rings. The minimum Gasteiger partial charge on any atom is -0.441 e. The number of amides is 4. The molecule has 0 atom stereocenters. The van der Waals surface area contributed by atoms with E-state index >= 15 is 0 Å². The SMILES string of the molecule is Cc1cccc(N2C(=O)NC(=O)/C(=C\c3ccc(N4CCN(C)CC4)o3)C2=O)c1. The number of aryl methyl sites for hydroxylation is 1. The van der Waals surface area contributed by atoms with Crippen LogP contribution in [0.25, 0.3) is 6.08 Å². The van der Waals surface area contributed by atoms with Crippen molar-refractivity contribution in [2.45, 2.75) is 6.92 Å². The fourth-order valence-electron chi connectivity index (χ4n) is 3.42. The third-order valence-electron chi connectivity index (χ3n) is 5.08.